The van der Waals surface area contributed by atoms with Crippen molar-refractivity contribution >= 4 is 19.6 Å². The minimum atomic E-state index is -1.20. The van der Waals surface area contributed by atoms with Crippen molar-refractivity contribution in [1.29, 1.82) is 10.5 Å². The number of nitriles is 2. The molecule has 4 rings (SSSR count). The number of carbonyl (C=O) groups excluding carboxylic acids is 2. The van der Waals surface area contributed by atoms with Crippen LogP contribution < -0.4 is 0 Å². The third kappa shape index (κ3) is 4.73. The van der Waals surface area contributed by atoms with E-state index >= 15 is 0 Å². The highest BCUT2D eigenvalue weighted by Gasteiger charge is 2.59. The van der Waals surface area contributed by atoms with Crippen molar-refractivity contribution in [2.75, 3.05) is 6.61 Å². The summed E-state index contributed by atoms with van der Waals surface area (Å²) < 4.78 is 7.74. The molecule has 0 radical (unpaired) electrons. The van der Waals surface area contributed by atoms with Gasteiger partial charge in [-0.1, -0.05) is 52.4 Å². The Morgan fingerprint density at radius 3 is 2.50 bits per heavy atom. The van der Waals surface area contributed by atoms with Gasteiger partial charge in [-0.3, -0.25) is 9.59 Å². The fourth-order valence-electron chi connectivity index (χ4n) is 6.18. The molecule has 3 aliphatic carbocycles. The first-order valence-corrected chi connectivity index (χ1v) is 16.7. The highest BCUT2D eigenvalue weighted by Crippen LogP contribution is 2.63. The van der Waals surface area contributed by atoms with Crippen LogP contribution in [0.2, 0.25) is 25.7 Å². The van der Waals surface area contributed by atoms with Crippen LogP contribution in [0.5, 0.6) is 0 Å². The molecule has 0 aromatic carbocycles. The summed E-state index contributed by atoms with van der Waals surface area (Å²) in [4.78, 5) is 30.4. The van der Waals surface area contributed by atoms with Gasteiger partial charge in [0, 0.05) is 37.9 Å². The van der Waals surface area contributed by atoms with E-state index in [4.69, 9.17) is 4.74 Å². The molecular formula is C30H34N4O3Si. The van der Waals surface area contributed by atoms with Gasteiger partial charge in [-0.2, -0.15) is 10.5 Å². The van der Waals surface area contributed by atoms with Crippen LogP contribution >= 0.6 is 0 Å². The third-order valence-corrected chi connectivity index (χ3v) is 9.97. The average molecular weight is 527 g/mol. The number of hydrogen-bond acceptors (Lipinski definition) is 6. The summed E-state index contributed by atoms with van der Waals surface area (Å²) in [6.07, 6.45) is 9.61. The van der Waals surface area contributed by atoms with Crippen LogP contribution in [0.1, 0.15) is 39.4 Å². The topological polar surface area (TPSA) is 109 Å². The molecule has 3 aliphatic rings. The summed E-state index contributed by atoms with van der Waals surface area (Å²) in [7, 11) is -1.20. The van der Waals surface area contributed by atoms with Crippen LogP contribution in [-0.4, -0.2) is 35.8 Å². The first-order valence-electron chi connectivity index (χ1n) is 13.0. The van der Waals surface area contributed by atoms with Crippen LogP contribution in [0.4, 0.5) is 0 Å². The van der Waals surface area contributed by atoms with Gasteiger partial charge < -0.3 is 9.30 Å². The molecule has 196 valence electrons. The van der Waals surface area contributed by atoms with Crippen molar-refractivity contribution in [3.05, 3.63) is 53.2 Å². The Morgan fingerprint density at radius 2 is 1.84 bits per heavy atom. The lowest BCUT2D eigenvalue weighted by atomic mass is 9.45. The molecule has 3 atom stereocenters. The summed E-state index contributed by atoms with van der Waals surface area (Å²) in [5.74, 6) is 6.46. The minimum Gasteiger partial charge on any atom is -0.361 e. The fourth-order valence-corrected chi connectivity index (χ4v) is 6.93. The number of allylic oxidation sites excluding steroid dienone is 6. The Morgan fingerprint density at radius 1 is 1.13 bits per heavy atom. The fraction of sp³-hybridized carbons (Fsp3) is 0.500. The van der Waals surface area contributed by atoms with Crippen LogP contribution in [0, 0.1) is 56.7 Å². The van der Waals surface area contributed by atoms with Crippen molar-refractivity contribution in [1.82, 2.24) is 9.55 Å². The number of ether oxygens (including phenoxy) is 1. The predicted molar refractivity (Wildman–Crippen MR) is 146 cm³/mol. The zero-order valence-corrected chi connectivity index (χ0v) is 24.0. The Bertz CT molecular complexity index is 1430. The number of Topliss-reactive ketones (excluding diaryl/α,β-unsaturated/α-hetero) is 1. The van der Waals surface area contributed by atoms with E-state index in [1.165, 1.54) is 6.08 Å². The van der Waals surface area contributed by atoms with Gasteiger partial charge in [-0.15, -0.1) is 0 Å². The van der Waals surface area contributed by atoms with Crippen molar-refractivity contribution in [3.63, 3.8) is 0 Å². The third-order valence-electron chi connectivity index (χ3n) is 8.27. The zero-order valence-electron chi connectivity index (χ0n) is 23.0. The van der Waals surface area contributed by atoms with Crippen molar-refractivity contribution in [2.45, 2.75) is 66.0 Å². The summed E-state index contributed by atoms with van der Waals surface area (Å²) in [6.45, 7) is 13.7. The largest absolute Gasteiger partial charge is 0.361 e. The highest BCUT2D eigenvalue weighted by atomic mass is 28.3. The molecule has 1 aromatic heterocycles. The monoisotopic (exact) mass is 526 g/mol. The lowest BCUT2D eigenvalue weighted by molar-refractivity contribution is -0.130. The van der Waals surface area contributed by atoms with Gasteiger partial charge in [0.1, 0.15) is 18.9 Å². The Hall–Kier alpha value is -3.51. The number of aromatic nitrogens is 2. The molecule has 0 aliphatic heterocycles. The highest BCUT2D eigenvalue weighted by molar-refractivity contribution is 6.76. The molecule has 0 N–H and O–H groups in total. The van der Waals surface area contributed by atoms with E-state index in [1.807, 2.05) is 37.6 Å². The molecule has 7 nitrogen and oxygen atoms in total. The Balaban J connectivity index is 1.75. The summed E-state index contributed by atoms with van der Waals surface area (Å²) in [6, 6.07) is 5.17. The maximum Gasteiger partial charge on any atom is 0.196 e. The van der Waals surface area contributed by atoms with E-state index in [-0.39, 0.29) is 28.6 Å². The molecule has 1 heterocycles. The van der Waals surface area contributed by atoms with Crippen molar-refractivity contribution in [3.8, 4) is 24.0 Å². The quantitative estimate of drug-likeness (QED) is 0.305. The Kier molecular flexibility index (Phi) is 7.00. The average Bonchev–Trinajstić information content (AvgIpc) is 3.30. The maximum absolute atomic E-state index is 13.1. The molecular weight excluding hydrogens is 492 g/mol. The maximum atomic E-state index is 13.1. The second kappa shape index (κ2) is 9.66. The van der Waals surface area contributed by atoms with Crippen molar-refractivity contribution < 1.29 is 14.3 Å². The van der Waals surface area contributed by atoms with E-state index < -0.39 is 24.3 Å². The molecule has 1 fully saturated rings. The number of hydrogen-bond donors (Lipinski definition) is 0. The van der Waals surface area contributed by atoms with Gasteiger partial charge in [-0.25, -0.2) is 4.98 Å². The van der Waals surface area contributed by atoms with Gasteiger partial charge in [0.25, 0.3) is 0 Å². The smallest absolute Gasteiger partial charge is 0.196 e. The Labute approximate surface area is 225 Å². The van der Waals surface area contributed by atoms with Crippen molar-refractivity contribution in [2.24, 2.45) is 22.2 Å². The standard InChI is InChI=1S/C30H34N4O3Si/c1-28(2)24-7-9-30(10-8-26-33-11-12-34(26)20-37-13-14-38(4,5)6)17-21(18-31)23(35)15-25(30)29(24,3)16-22(19-32)27(28)36/h11-12,15-17,24H,7,9,13-14,20H2,1-6H3/t24?,29-,30+/m0/s1. The van der Waals surface area contributed by atoms with Gasteiger partial charge in [0.05, 0.1) is 16.6 Å². The molecule has 1 aromatic rings. The number of nitrogens with zero attached hydrogens (tertiary/aromatic N) is 4. The number of rotatable bonds is 5. The van der Waals surface area contributed by atoms with Gasteiger partial charge in [-0.05, 0) is 48.4 Å². The number of imidazole rings is 1. The normalized spacial score (nSPS) is 27.9. The molecule has 0 saturated heterocycles. The zero-order chi connectivity index (χ0) is 27.9. The first-order chi connectivity index (χ1) is 17.8. The van der Waals surface area contributed by atoms with E-state index in [0.717, 1.165) is 11.6 Å². The van der Waals surface area contributed by atoms with Gasteiger partial charge in [0.2, 0.25) is 0 Å². The molecule has 1 unspecified atom stereocenters. The lowest BCUT2D eigenvalue weighted by Crippen LogP contribution is -2.53. The van der Waals surface area contributed by atoms with E-state index in [9.17, 15) is 20.1 Å². The molecule has 1 saturated carbocycles. The summed E-state index contributed by atoms with van der Waals surface area (Å²) in [5, 5.41) is 19.4. The van der Waals surface area contributed by atoms with Crippen LogP contribution in [0.3, 0.4) is 0 Å². The second-order valence-electron chi connectivity index (χ2n) is 12.5. The van der Waals surface area contributed by atoms with Crippen LogP contribution in [-0.2, 0) is 21.1 Å². The summed E-state index contributed by atoms with van der Waals surface area (Å²) in [5.41, 5.74) is -1.53. The second-order valence-corrected chi connectivity index (χ2v) is 18.1. The SMILES string of the molecule is CC1(C)C(=O)C(C#N)=C[C@]2(C)C3=CC(=O)C(C#N)=C[C@]3(C#Cc3nccn3COCC[Si](C)(C)C)CCC12. The predicted octanol–water partition coefficient (Wildman–Crippen LogP) is 4.97. The van der Waals surface area contributed by atoms with Crippen LogP contribution in [0.25, 0.3) is 0 Å². The van der Waals surface area contributed by atoms with E-state index in [1.54, 1.807) is 18.3 Å². The molecule has 8 heteroatoms. The number of fused-ring (bicyclic) bond motifs is 3. The molecule has 38 heavy (non-hydrogen) atoms. The lowest BCUT2D eigenvalue weighted by Gasteiger charge is -2.56. The molecule has 0 amide bonds. The van der Waals surface area contributed by atoms with Gasteiger partial charge in [0.15, 0.2) is 17.4 Å². The van der Waals surface area contributed by atoms with Crippen LogP contribution in [0.15, 0.2) is 47.3 Å². The molecule has 0 spiro atoms. The van der Waals surface area contributed by atoms with E-state index in [2.05, 4.69) is 42.5 Å². The summed E-state index contributed by atoms with van der Waals surface area (Å²) >= 11 is 0. The van der Waals surface area contributed by atoms with Gasteiger partial charge >= 0.3 is 0 Å². The minimum absolute atomic E-state index is 0.0544. The van der Waals surface area contributed by atoms with E-state index in [0.29, 0.717) is 32.0 Å². The molecule has 0 bridgehead atoms. The first kappa shape index (κ1) is 27.5. The number of ketones is 2. The number of carbonyl (C=O) groups is 2.